The van der Waals surface area contributed by atoms with Gasteiger partial charge in [-0.1, -0.05) is 63.4 Å². The lowest BCUT2D eigenvalue weighted by Crippen LogP contribution is -2.41. The predicted molar refractivity (Wildman–Crippen MR) is 185 cm³/mol. The van der Waals surface area contributed by atoms with Crippen LogP contribution in [0.4, 0.5) is 0 Å². The fourth-order valence-electron chi connectivity index (χ4n) is 5.68. The molecule has 1 aliphatic carbocycles. The first-order valence-corrected chi connectivity index (χ1v) is 18.3. The number of hydrogen-bond acceptors (Lipinski definition) is 6. The monoisotopic (exact) mass is 630 g/mol. The summed E-state index contributed by atoms with van der Waals surface area (Å²) in [6.07, 6.45) is 10.6. The summed E-state index contributed by atoms with van der Waals surface area (Å²) in [6.45, 7) is 9.15. The summed E-state index contributed by atoms with van der Waals surface area (Å²) in [5, 5.41) is 13.1. The number of aryl methyl sites for hydroxylation is 1. The molecule has 240 valence electrons. The van der Waals surface area contributed by atoms with Gasteiger partial charge in [-0.25, -0.2) is 4.79 Å². The van der Waals surface area contributed by atoms with E-state index in [1.54, 1.807) is 26.0 Å². The molecule has 2 N–H and O–H groups in total. The first-order chi connectivity index (χ1) is 20.9. The highest BCUT2D eigenvalue weighted by atomic mass is 32.2. The van der Waals surface area contributed by atoms with Gasteiger partial charge < -0.3 is 15.2 Å². The minimum Gasteiger partial charge on any atom is -0.480 e. The van der Waals surface area contributed by atoms with E-state index in [-0.39, 0.29) is 5.91 Å². The molecule has 4 rings (SSSR count). The zero-order valence-electron chi connectivity index (χ0n) is 27.2. The van der Waals surface area contributed by atoms with E-state index < -0.39 is 12.0 Å². The van der Waals surface area contributed by atoms with Gasteiger partial charge in [0.1, 0.15) is 6.04 Å². The van der Waals surface area contributed by atoms with Gasteiger partial charge in [-0.2, -0.15) is 23.5 Å². The minimum atomic E-state index is -0.994. The maximum absolute atomic E-state index is 13.3. The number of ether oxygens (including phenoxy) is 1. The number of methoxy groups -OCH3 is 1. The number of likely N-dealkylation sites (tertiary alicyclic amines) is 1. The number of amides is 1. The van der Waals surface area contributed by atoms with E-state index >= 15 is 0 Å². The van der Waals surface area contributed by atoms with Crippen molar-refractivity contribution < 1.29 is 19.4 Å². The molecule has 1 amide bonds. The second-order valence-electron chi connectivity index (χ2n) is 11.2. The molecule has 43 heavy (non-hydrogen) atoms. The van der Waals surface area contributed by atoms with Crippen molar-refractivity contribution in [3.63, 3.8) is 0 Å². The molecule has 0 spiro atoms. The lowest BCUT2D eigenvalue weighted by Gasteiger charge is -2.23. The van der Waals surface area contributed by atoms with Crippen molar-refractivity contribution >= 4 is 35.4 Å². The van der Waals surface area contributed by atoms with Crippen LogP contribution in [0.1, 0.15) is 80.3 Å². The number of aliphatic carboxylic acids is 1. The summed E-state index contributed by atoms with van der Waals surface area (Å²) in [4.78, 5) is 27.6. The number of nitrogens with one attached hydrogen (secondary N) is 1. The summed E-state index contributed by atoms with van der Waals surface area (Å²) in [6, 6.07) is 13.2. The molecule has 2 atom stereocenters. The standard InChI is InChI=1S/C31H42N2O3S2.C2H6O.C2H6/c1-22-8-6-7-11-26(22)28-18-24(12-13-27(28)30(34)32-29(31(35)36)15-17-37-2)19-33-16-14-25(20-33)38-21-23-9-4-3-5-10-23;1-3-2;1-2/h6-8,11-13,18,23,25,29H,3-5,9-10,14-17,19-21H2,1-2H3,(H,32,34)(H,35,36);1-2H3;1-2H3. The molecule has 2 aromatic rings. The second-order valence-corrected chi connectivity index (χ2v) is 13.6. The Morgan fingerprint density at radius 3 is 2.40 bits per heavy atom. The highest BCUT2D eigenvalue weighted by Gasteiger charge is 2.26. The number of carboxylic acid groups (broad SMARTS) is 1. The second kappa shape index (κ2) is 20.9. The lowest BCUT2D eigenvalue weighted by atomic mass is 9.91. The summed E-state index contributed by atoms with van der Waals surface area (Å²) >= 11 is 3.76. The van der Waals surface area contributed by atoms with Crippen LogP contribution in [0.25, 0.3) is 11.1 Å². The largest absolute Gasteiger partial charge is 0.480 e. The maximum Gasteiger partial charge on any atom is 0.326 e. The van der Waals surface area contributed by atoms with Gasteiger partial charge in [0.2, 0.25) is 0 Å². The number of hydrogen-bond donors (Lipinski definition) is 2. The van der Waals surface area contributed by atoms with Crippen molar-refractivity contribution in [3.8, 4) is 11.1 Å². The highest BCUT2D eigenvalue weighted by Crippen LogP contribution is 2.33. The highest BCUT2D eigenvalue weighted by molar-refractivity contribution is 8.00. The van der Waals surface area contributed by atoms with Crippen LogP contribution in [0, 0.1) is 12.8 Å². The van der Waals surface area contributed by atoms with Crippen molar-refractivity contribution in [3.05, 3.63) is 59.2 Å². The van der Waals surface area contributed by atoms with Crippen LogP contribution in [0.2, 0.25) is 0 Å². The molecule has 0 bridgehead atoms. The van der Waals surface area contributed by atoms with Crippen LogP contribution in [0.5, 0.6) is 0 Å². The van der Waals surface area contributed by atoms with Crippen molar-refractivity contribution in [2.75, 3.05) is 45.1 Å². The number of rotatable bonds is 12. The molecule has 1 aliphatic heterocycles. The van der Waals surface area contributed by atoms with Crippen LogP contribution in [0.3, 0.4) is 0 Å². The Morgan fingerprint density at radius 1 is 1.05 bits per heavy atom. The van der Waals surface area contributed by atoms with Crippen molar-refractivity contribution in [2.24, 2.45) is 5.92 Å². The molecule has 1 heterocycles. The SMILES string of the molecule is CC.COC.CSCCC(NC(=O)c1ccc(CN2CCC(SCC3CCCCC3)C2)cc1-c1ccccc1C)C(=O)O. The van der Waals surface area contributed by atoms with Gasteiger partial charge in [-0.05, 0) is 97.2 Å². The van der Waals surface area contributed by atoms with Gasteiger partial charge in [0.15, 0.2) is 0 Å². The number of thioether (sulfide) groups is 2. The first-order valence-electron chi connectivity index (χ1n) is 15.8. The van der Waals surface area contributed by atoms with Gasteiger partial charge in [0, 0.05) is 38.1 Å². The number of carbonyl (C=O) groups excluding carboxylic acids is 1. The van der Waals surface area contributed by atoms with Crippen molar-refractivity contribution in [1.82, 2.24) is 10.2 Å². The Morgan fingerprint density at radius 2 is 1.74 bits per heavy atom. The van der Waals surface area contributed by atoms with Crippen LogP contribution in [-0.4, -0.2) is 78.2 Å². The van der Waals surface area contributed by atoms with E-state index in [0.29, 0.717) is 23.0 Å². The van der Waals surface area contributed by atoms with Gasteiger partial charge in [-0.15, -0.1) is 0 Å². The molecule has 2 aromatic carbocycles. The van der Waals surface area contributed by atoms with Crippen molar-refractivity contribution in [2.45, 2.75) is 83.6 Å². The Labute approximate surface area is 269 Å². The molecule has 1 saturated carbocycles. The minimum absolute atomic E-state index is 0.330. The summed E-state index contributed by atoms with van der Waals surface area (Å²) < 4.78 is 4.25. The lowest BCUT2D eigenvalue weighted by molar-refractivity contribution is -0.139. The third-order valence-electron chi connectivity index (χ3n) is 7.91. The topological polar surface area (TPSA) is 78.9 Å². The molecule has 0 radical (unpaired) electrons. The smallest absolute Gasteiger partial charge is 0.326 e. The fraction of sp³-hybridized carbons (Fsp3) is 0.600. The van der Waals surface area contributed by atoms with E-state index in [0.717, 1.165) is 42.2 Å². The zero-order valence-corrected chi connectivity index (χ0v) is 28.8. The molecule has 0 aromatic heterocycles. The molecule has 6 nitrogen and oxygen atoms in total. The van der Waals surface area contributed by atoms with Crippen molar-refractivity contribution in [1.29, 1.82) is 0 Å². The van der Waals surface area contributed by atoms with Gasteiger partial charge in [0.25, 0.3) is 5.91 Å². The van der Waals surface area contributed by atoms with E-state index in [1.165, 1.54) is 49.8 Å². The van der Waals surface area contributed by atoms with Crippen LogP contribution in [0.15, 0.2) is 42.5 Å². The Bertz CT molecular complexity index is 1110. The Balaban J connectivity index is 0.00000121. The molecule has 2 unspecified atom stereocenters. The third kappa shape index (κ3) is 12.5. The van der Waals surface area contributed by atoms with E-state index in [1.807, 2.05) is 50.4 Å². The average molecular weight is 631 g/mol. The van der Waals surface area contributed by atoms with E-state index in [9.17, 15) is 14.7 Å². The number of carbonyl (C=O) groups is 2. The molecular formula is C35H54N2O4S2. The fourth-order valence-corrected chi connectivity index (χ4v) is 7.61. The normalized spacial score (nSPS) is 17.7. The maximum atomic E-state index is 13.3. The van der Waals surface area contributed by atoms with Crippen LogP contribution >= 0.6 is 23.5 Å². The molecule has 8 heteroatoms. The molecular weight excluding hydrogens is 577 g/mol. The first kappa shape index (κ1) is 37.2. The van der Waals surface area contributed by atoms with Crippen LogP contribution in [-0.2, 0) is 16.1 Å². The van der Waals surface area contributed by atoms with Crippen LogP contribution < -0.4 is 5.32 Å². The predicted octanol–water partition coefficient (Wildman–Crippen LogP) is 7.77. The van der Waals surface area contributed by atoms with E-state index in [2.05, 4.69) is 45.8 Å². The zero-order chi connectivity index (χ0) is 31.6. The van der Waals surface area contributed by atoms with Gasteiger partial charge >= 0.3 is 5.97 Å². The van der Waals surface area contributed by atoms with Gasteiger partial charge in [0.05, 0.1) is 0 Å². The Hall–Kier alpha value is -2.00. The van der Waals surface area contributed by atoms with Gasteiger partial charge in [-0.3, -0.25) is 9.69 Å². The summed E-state index contributed by atoms with van der Waals surface area (Å²) in [5.74, 6) is 1.58. The summed E-state index contributed by atoms with van der Waals surface area (Å²) in [5.41, 5.74) is 4.69. The number of carboxylic acids is 1. The average Bonchev–Trinajstić information content (AvgIpc) is 3.47. The molecule has 1 saturated heterocycles. The quantitative estimate of drug-likeness (QED) is 0.248. The third-order valence-corrected chi connectivity index (χ3v) is 10.1. The van der Waals surface area contributed by atoms with E-state index in [4.69, 9.17) is 0 Å². The number of benzene rings is 2. The number of nitrogens with zero attached hydrogens (tertiary/aromatic N) is 1. The molecule has 2 aliphatic rings. The Kier molecular flexibility index (Phi) is 18.0. The summed E-state index contributed by atoms with van der Waals surface area (Å²) in [7, 11) is 3.25. The molecule has 2 fully saturated rings.